The first-order valence-corrected chi connectivity index (χ1v) is 5.34. The van der Waals surface area contributed by atoms with E-state index in [9.17, 15) is 14.4 Å². The summed E-state index contributed by atoms with van der Waals surface area (Å²) in [7, 11) is 0. The van der Waals surface area contributed by atoms with Gasteiger partial charge in [-0.05, 0) is 13.3 Å². The number of nitrogens with one attached hydrogen (secondary N) is 2. The lowest BCUT2D eigenvalue weighted by atomic mass is 10.3. The molecule has 7 heteroatoms. The van der Waals surface area contributed by atoms with Gasteiger partial charge in [-0.15, -0.1) is 0 Å². The van der Waals surface area contributed by atoms with Crippen LogP contribution < -0.4 is 10.6 Å². The van der Waals surface area contributed by atoms with Gasteiger partial charge in [-0.25, -0.2) is 4.79 Å². The van der Waals surface area contributed by atoms with Crippen LogP contribution in [-0.4, -0.2) is 48.7 Å². The van der Waals surface area contributed by atoms with E-state index in [2.05, 4.69) is 15.4 Å². The smallest absolute Gasteiger partial charge is 0.329 e. The Bertz CT molecular complexity index is 280. The number of ether oxygens (including phenoxy) is 1. The van der Waals surface area contributed by atoms with Crippen molar-refractivity contribution in [3.63, 3.8) is 0 Å². The van der Waals surface area contributed by atoms with E-state index in [1.54, 1.807) is 6.92 Å². The zero-order valence-electron chi connectivity index (χ0n) is 9.99. The van der Waals surface area contributed by atoms with Crippen LogP contribution in [0.5, 0.6) is 0 Å². The summed E-state index contributed by atoms with van der Waals surface area (Å²) in [4.78, 5) is 32.7. The molecule has 0 aromatic heterocycles. The van der Waals surface area contributed by atoms with Crippen LogP contribution in [0.15, 0.2) is 0 Å². The molecule has 0 aliphatic carbocycles. The molecule has 17 heavy (non-hydrogen) atoms. The summed E-state index contributed by atoms with van der Waals surface area (Å²) in [5, 5.41) is 13.3. The van der Waals surface area contributed by atoms with E-state index in [1.165, 1.54) is 0 Å². The van der Waals surface area contributed by atoms with Crippen molar-refractivity contribution in [2.45, 2.75) is 26.3 Å². The number of carbonyl (C=O) groups excluding carboxylic acids is 2. The van der Waals surface area contributed by atoms with Gasteiger partial charge in [0.15, 0.2) is 0 Å². The second kappa shape index (κ2) is 8.51. The topological polar surface area (TPSA) is 105 Å². The molecular weight excluding hydrogens is 228 g/mol. The average Bonchev–Trinajstić information content (AvgIpc) is 2.25. The maximum absolute atomic E-state index is 11.4. The lowest BCUT2D eigenvalue weighted by molar-refractivity contribution is -0.144. The standard InChI is InChI=1S/C10H18N2O5/c1-3-4-11-10(16)7(2)12-8(13)5-17-6-9(14)15/h7H,3-6H2,1-2H3,(H,11,16)(H,12,13)(H,14,15). The quantitative estimate of drug-likeness (QED) is 0.516. The molecule has 1 atom stereocenters. The first-order valence-electron chi connectivity index (χ1n) is 5.34. The van der Waals surface area contributed by atoms with Crippen LogP contribution in [0.1, 0.15) is 20.3 Å². The van der Waals surface area contributed by atoms with Crippen molar-refractivity contribution in [2.75, 3.05) is 19.8 Å². The number of hydrogen-bond donors (Lipinski definition) is 3. The highest BCUT2D eigenvalue weighted by molar-refractivity contribution is 5.87. The van der Waals surface area contributed by atoms with Crippen LogP contribution in [0.2, 0.25) is 0 Å². The first-order chi connectivity index (χ1) is 7.97. The summed E-state index contributed by atoms with van der Waals surface area (Å²) >= 11 is 0. The summed E-state index contributed by atoms with van der Waals surface area (Å²) in [6, 6.07) is -0.664. The fourth-order valence-corrected chi connectivity index (χ4v) is 0.981. The van der Waals surface area contributed by atoms with Crippen LogP contribution in [0.4, 0.5) is 0 Å². The van der Waals surface area contributed by atoms with Gasteiger partial charge in [0.05, 0.1) is 0 Å². The normalized spacial score (nSPS) is 11.6. The van der Waals surface area contributed by atoms with E-state index in [4.69, 9.17) is 5.11 Å². The van der Waals surface area contributed by atoms with E-state index in [0.717, 1.165) is 6.42 Å². The number of carboxylic acids is 1. The largest absolute Gasteiger partial charge is 0.480 e. The van der Waals surface area contributed by atoms with Crippen LogP contribution in [0, 0.1) is 0 Å². The molecular formula is C10H18N2O5. The van der Waals surface area contributed by atoms with Crippen LogP contribution in [0.25, 0.3) is 0 Å². The number of aliphatic carboxylic acids is 1. The Morgan fingerprint density at radius 2 is 1.94 bits per heavy atom. The summed E-state index contributed by atoms with van der Waals surface area (Å²) in [6.45, 7) is 3.10. The molecule has 0 aliphatic heterocycles. The van der Waals surface area contributed by atoms with Gasteiger partial charge in [-0.3, -0.25) is 9.59 Å². The predicted molar refractivity (Wildman–Crippen MR) is 59.4 cm³/mol. The van der Waals surface area contributed by atoms with E-state index in [0.29, 0.717) is 6.54 Å². The van der Waals surface area contributed by atoms with E-state index < -0.39 is 24.5 Å². The lowest BCUT2D eigenvalue weighted by Crippen LogP contribution is -2.46. The first kappa shape index (κ1) is 15.4. The number of carboxylic acid groups (broad SMARTS) is 1. The third kappa shape index (κ3) is 8.21. The van der Waals surface area contributed by atoms with Crippen molar-refractivity contribution in [3.05, 3.63) is 0 Å². The number of carbonyl (C=O) groups is 3. The molecule has 98 valence electrons. The van der Waals surface area contributed by atoms with E-state index in [1.807, 2.05) is 6.92 Å². The number of hydrogen-bond acceptors (Lipinski definition) is 4. The van der Waals surface area contributed by atoms with Crippen molar-refractivity contribution in [2.24, 2.45) is 0 Å². The van der Waals surface area contributed by atoms with Gasteiger partial charge >= 0.3 is 5.97 Å². The SMILES string of the molecule is CCCNC(=O)C(C)NC(=O)COCC(=O)O. The maximum atomic E-state index is 11.4. The minimum absolute atomic E-state index is 0.279. The zero-order valence-corrected chi connectivity index (χ0v) is 9.99. The van der Waals surface area contributed by atoms with E-state index >= 15 is 0 Å². The fraction of sp³-hybridized carbons (Fsp3) is 0.700. The molecule has 7 nitrogen and oxygen atoms in total. The Morgan fingerprint density at radius 3 is 2.47 bits per heavy atom. The number of rotatable bonds is 8. The highest BCUT2D eigenvalue weighted by Gasteiger charge is 2.14. The summed E-state index contributed by atoms with van der Waals surface area (Å²) < 4.78 is 4.58. The molecule has 3 N–H and O–H groups in total. The summed E-state index contributed by atoms with van der Waals surface area (Å²) in [5.74, 6) is -1.95. The van der Waals surface area contributed by atoms with Crippen LogP contribution in [0.3, 0.4) is 0 Å². The van der Waals surface area contributed by atoms with Crippen molar-refractivity contribution in [1.82, 2.24) is 10.6 Å². The van der Waals surface area contributed by atoms with Gasteiger partial charge in [0.1, 0.15) is 19.3 Å². The van der Waals surface area contributed by atoms with Gasteiger partial charge in [0.25, 0.3) is 0 Å². The number of amides is 2. The van der Waals surface area contributed by atoms with Crippen LogP contribution >= 0.6 is 0 Å². The molecule has 1 unspecified atom stereocenters. The van der Waals surface area contributed by atoms with Crippen molar-refractivity contribution in [3.8, 4) is 0 Å². The average molecular weight is 246 g/mol. The molecule has 0 aromatic carbocycles. The zero-order chi connectivity index (χ0) is 13.3. The van der Waals surface area contributed by atoms with Crippen molar-refractivity contribution >= 4 is 17.8 Å². The summed E-state index contributed by atoms with van der Waals surface area (Å²) in [6.07, 6.45) is 0.814. The Labute approximate surface area is 99.5 Å². The molecule has 0 radical (unpaired) electrons. The molecule has 0 bridgehead atoms. The second-order valence-corrected chi connectivity index (χ2v) is 3.47. The van der Waals surface area contributed by atoms with E-state index in [-0.39, 0.29) is 12.5 Å². The molecule has 0 heterocycles. The monoisotopic (exact) mass is 246 g/mol. The highest BCUT2D eigenvalue weighted by atomic mass is 16.5. The third-order valence-corrected chi connectivity index (χ3v) is 1.78. The van der Waals surface area contributed by atoms with Gasteiger partial charge < -0.3 is 20.5 Å². The fourth-order valence-electron chi connectivity index (χ4n) is 0.981. The molecule has 0 saturated carbocycles. The second-order valence-electron chi connectivity index (χ2n) is 3.47. The maximum Gasteiger partial charge on any atom is 0.329 e. The van der Waals surface area contributed by atoms with Gasteiger partial charge in [0.2, 0.25) is 11.8 Å². The Hall–Kier alpha value is -1.63. The molecule has 0 spiro atoms. The predicted octanol–water partition coefficient (Wildman–Crippen LogP) is -0.881. The third-order valence-electron chi connectivity index (χ3n) is 1.78. The van der Waals surface area contributed by atoms with Gasteiger partial charge in [-0.1, -0.05) is 6.92 Å². The summed E-state index contributed by atoms with van der Waals surface area (Å²) in [5.41, 5.74) is 0. The van der Waals surface area contributed by atoms with Gasteiger partial charge in [0, 0.05) is 6.54 Å². The Kier molecular flexibility index (Phi) is 7.70. The molecule has 0 aromatic rings. The Morgan fingerprint density at radius 1 is 1.29 bits per heavy atom. The minimum Gasteiger partial charge on any atom is -0.480 e. The minimum atomic E-state index is -1.15. The van der Waals surface area contributed by atoms with Gasteiger partial charge in [-0.2, -0.15) is 0 Å². The molecule has 2 amide bonds. The van der Waals surface area contributed by atoms with Crippen molar-refractivity contribution in [1.29, 1.82) is 0 Å². The molecule has 0 saturated heterocycles. The van der Waals surface area contributed by atoms with Crippen molar-refractivity contribution < 1.29 is 24.2 Å². The lowest BCUT2D eigenvalue weighted by Gasteiger charge is -2.13. The Balaban J connectivity index is 3.78. The highest BCUT2D eigenvalue weighted by Crippen LogP contribution is 1.84. The molecule has 0 aliphatic rings. The molecule has 0 rings (SSSR count). The van der Waals surface area contributed by atoms with Crippen LogP contribution in [-0.2, 0) is 19.1 Å². The molecule has 0 fully saturated rings.